The van der Waals surface area contributed by atoms with Gasteiger partial charge in [-0.25, -0.2) is 0 Å². The molecule has 0 amide bonds. The highest BCUT2D eigenvalue weighted by molar-refractivity contribution is 5.51. The van der Waals surface area contributed by atoms with Crippen LogP contribution >= 0.6 is 0 Å². The van der Waals surface area contributed by atoms with Gasteiger partial charge in [-0.1, -0.05) is 12.1 Å². The standard InChI is InChI=1S/C17H22N2O2/c18-16-6-1-2-7-17(16)21-12-4-10-19(14-8-9-14)13-15-5-3-11-20-15/h1-3,5-7,11,14H,4,8-10,12-13,18H2. The number of hydrogen-bond acceptors (Lipinski definition) is 4. The van der Waals surface area contributed by atoms with Gasteiger partial charge in [0.25, 0.3) is 0 Å². The molecule has 1 aromatic heterocycles. The van der Waals surface area contributed by atoms with Crippen LogP contribution in [-0.4, -0.2) is 24.1 Å². The summed E-state index contributed by atoms with van der Waals surface area (Å²) in [4.78, 5) is 2.48. The predicted molar refractivity (Wildman–Crippen MR) is 83.1 cm³/mol. The molecule has 0 aliphatic heterocycles. The Morgan fingerprint density at radius 1 is 1.19 bits per heavy atom. The lowest BCUT2D eigenvalue weighted by Crippen LogP contribution is -2.27. The number of para-hydroxylation sites is 2. The molecule has 1 fully saturated rings. The molecular formula is C17H22N2O2. The fraction of sp³-hybridized carbons (Fsp3) is 0.412. The molecule has 3 rings (SSSR count). The van der Waals surface area contributed by atoms with Crippen molar-refractivity contribution >= 4 is 5.69 Å². The van der Waals surface area contributed by atoms with Crippen molar-refractivity contribution < 1.29 is 9.15 Å². The average molecular weight is 286 g/mol. The van der Waals surface area contributed by atoms with Crippen LogP contribution in [0.1, 0.15) is 25.0 Å². The van der Waals surface area contributed by atoms with E-state index in [-0.39, 0.29) is 0 Å². The molecule has 0 radical (unpaired) electrons. The molecule has 0 bridgehead atoms. The number of nitrogen functional groups attached to an aromatic ring is 1. The molecular weight excluding hydrogens is 264 g/mol. The maximum Gasteiger partial charge on any atom is 0.142 e. The van der Waals surface area contributed by atoms with Gasteiger partial charge < -0.3 is 14.9 Å². The van der Waals surface area contributed by atoms with Crippen molar-refractivity contribution in [1.29, 1.82) is 0 Å². The first-order chi connectivity index (χ1) is 10.3. The van der Waals surface area contributed by atoms with Gasteiger partial charge in [0.15, 0.2) is 0 Å². The SMILES string of the molecule is Nc1ccccc1OCCCN(Cc1ccco1)C1CC1. The average Bonchev–Trinajstić information content (AvgIpc) is 3.21. The summed E-state index contributed by atoms with van der Waals surface area (Å²) >= 11 is 0. The largest absolute Gasteiger partial charge is 0.491 e. The van der Waals surface area contributed by atoms with E-state index in [1.807, 2.05) is 36.4 Å². The van der Waals surface area contributed by atoms with Gasteiger partial charge in [0.1, 0.15) is 11.5 Å². The van der Waals surface area contributed by atoms with E-state index in [1.54, 1.807) is 6.26 Å². The molecule has 1 aromatic carbocycles. The third kappa shape index (κ3) is 4.02. The quantitative estimate of drug-likeness (QED) is 0.597. The van der Waals surface area contributed by atoms with Gasteiger partial charge in [-0.05, 0) is 43.5 Å². The Labute approximate surface area is 125 Å². The van der Waals surface area contributed by atoms with Crippen molar-refractivity contribution in [3.63, 3.8) is 0 Å². The first-order valence-electron chi connectivity index (χ1n) is 7.56. The van der Waals surface area contributed by atoms with Crippen molar-refractivity contribution in [2.45, 2.75) is 31.8 Å². The fourth-order valence-electron chi connectivity index (χ4n) is 2.49. The molecule has 0 atom stereocenters. The highest BCUT2D eigenvalue weighted by Crippen LogP contribution is 2.28. The number of nitrogens with zero attached hydrogens (tertiary/aromatic N) is 1. The summed E-state index contributed by atoms with van der Waals surface area (Å²) < 4.78 is 11.2. The van der Waals surface area contributed by atoms with Gasteiger partial charge in [-0.2, -0.15) is 0 Å². The predicted octanol–water partition coefficient (Wildman–Crippen LogP) is 3.30. The highest BCUT2D eigenvalue weighted by atomic mass is 16.5. The van der Waals surface area contributed by atoms with E-state index in [9.17, 15) is 0 Å². The van der Waals surface area contributed by atoms with Gasteiger partial charge in [-0.15, -0.1) is 0 Å². The van der Waals surface area contributed by atoms with E-state index < -0.39 is 0 Å². The van der Waals surface area contributed by atoms with Crippen LogP contribution in [0.15, 0.2) is 47.1 Å². The van der Waals surface area contributed by atoms with Crippen molar-refractivity contribution in [1.82, 2.24) is 4.90 Å². The lowest BCUT2D eigenvalue weighted by Gasteiger charge is -2.20. The lowest BCUT2D eigenvalue weighted by atomic mass is 10.3. The molecule has 0 spiro atoms. The molecule has 0 saturated heterocycles. The van der Waals surface area contributed by atoms with Crippen LogP contribution in [0.3, 0.4) is 0 Å². The van der Waals surface area contributed by atoms with E-state index in [0.717, 1.165) is 37.1 Å². The van der Waals surface area contributed by atoms with E-state index in [4.69, 9.17) is 14.9 Å². The Morgan fingerprint density at radius 2 is 2.05 bits per heavy atom. The summed E-state index contributed by atoms with van der Waals surface area (Å²) in [6, 6.07) is 12.3. The molecule has 1 heterocycles. The third-order valence-electron chi connectivity index (χ3n) is 3.77. The van der Waals surface area contributed by atoms with Crippen LogP contribution in [0.25, 0.3) is 0 Å². The van der Waals surface area contributed by atoms with Crippen LogP contribution in [0.4, 0.5) is 5.69 Å². The molecule has 4 heteroatoms. The number of furan rings is 1. The lowest BCUT2D eigenvalue weighted by molar-refractivity contribution is 0.207. The number of hydrogen-bond donors (Lipinski definition) is 1. The van der Waals surface area contributed by atoms with Crippen LogP contribution in [0.2, 0.25) is 0 Å². The van der Waals surface area contributed by atoms with Crippen molar-refractivity contribution in [2.24, 2.45) is 0 Å². The summed E-state index contributed by atoms with van der Waals surface area (Å²) in [5, 5.41) is 0. The molecule has 2 aromatic rings. The number of ether oxygens (including phenoxy) is 1. The smallest absolute Gasteiger partial charge is 0.142 e. The zero-order valence-electron chi connectivity index (χ0n) is 12.2. The van der Waals surface area contributed by atoms with E-state index >= 15 is 0 Å². The van der Waals surface area contributed by atoms with Crippen LogP contribution in [-0.2, 0) is 6.54 Å². The summed E-state index contributed by atoms with van der Waals surface area (Å²) in [7, 11) is 0. The zero-order chi connectivity index (χ0) is 14.5. The third-order valence-corrected chi connectivity index (χ3v) is 3.77. The molecule has 112 valence electrons. The van der Waals surface area contributed by atoms with E-state index in [2.05, 4.69) is 4.90 Å². The zero-order valence-corrected chi connectivity index (χ0v) is 12.2. The minimum atomic E-state index is 0.690. The topological polar surface area (TPSA) is 51.6 Å². The summed E-state index contributed by atoms with van der Waals surface area (Å²) in [5.41, 5.74) is 6.56. The Morgan fingerprint density at radius 3 is 2.76 bits per heavy atom. The second-order valence-corrected chi connectivity index (χ2v) is 5.52. The second kappa shape index (κ2) is 6.68. The van der Waals surface area contributed by atoms with E-state index in [0.29, 0.717) is 12.3 Å². The maximum atomic E-state index is 5.86. The Hall–Kier alpha value is -1.94. The van der Waals surface area contributed by atoms with Crippen LogP contribution in [0, 0.1) is 0 Å². The highest BCUT2D eigenvalue weighted by Gasteiger charge is 2.28. The van der Waals surface area contributed by atoms with Crippen molar-refractivity contribution in [3.05, 3.63) is 48.4 Å². The van der Waals surface area contributed by atoms with Gasteiger partial charge >= 0.3 is 0 Å². The number of nitrogens with two attached hydrogens (primary N) is 1. The number of rotatable bonds is 8. The van der Waals surface area contributed by atoms with Gasteiger partial charge in [0.05, 0.1) is 25.1 Å². The molecule has 1 aliphatic carbocycles. The molecule has 1 aliphatic rings. The summed E-state index contributed by atoms with van der Waals surface area (Å²) in [6.07, 6.45) is 5.33. The second-order valence-electron chi connectivity index (χ2n) is 5.52. The Bertz CT molecular complexity index is 550. The molecule has 2 N–H and O–H groups in total. The first-order valence-corrected chi connectivity index (χ1v) is 7.56. The van der Waals surface area contributed by atoms with Crippen molar-refractivity contribution in [2.75, 3.05) is 18.9 Å². The Balaban J connectivity index is 1.43. The van der Waals surface area contributed by atoms with Gasteiger partial charge in [0.2, 0.25) is 0 Å². The summed E-state index contributed by atoms with van der Waals surface area (Å²) in [5.74, 6) is 1.82. The molecule has 21 heavy (non-hydrogen) atoms. The normalized spacial score (nSPS) is 14.5. The fourth-order valence-corrected chi connectivity index (χ4v) is 2.49. The Kier molecular flexibility index (Phi) is 4.46. The van der Waals surface area contributed by atoms with Gasteiger partial charge in [-0.3, -0.25) is 4.90 Å². The molecule has 1 saturated carbocycles. The van der Waals surface area contributed by atoms with Gasteiger partial charge in [0, 0.05) is 12.6 Å². The minimum Gasteiger partial charge on any atom is -0.491 e. The first kappa shape index (κ1) is 14.0. The van der Waals surface area contributed by atoms with Crippen LogP contribution in [0.5, 0.6) is 5.75 Å². The van der Waals surface area contributed by atoms with E-state index in [1.165, 1.54) is 12.8 Å². The summed E-state index contributed by atoms with van der Waals surface area (Å²) in [6.45, 7) is 2.61. The van der Waals surface area contributed by atoms with Crippen molar-refractivity contribution in [3.8, 4) is 5.75 Å². The molecule has 4 nitrogen and oxygen atoms in total. The monoisotopic (exact) mass is 286 g/mol. The number of anilines is 1. The number of benzene rings is 1. The molecule has 0 unspecified atom stereocenters. The minimum absolute atomic E-state index is 0.690. The van der Waals surface area contributed by atoms with Crippen LogP contribution < -0.4 is 10.5 Å². The maximum absolute atomic E-state index is 5.86.